The molecule has 1 fully saturated rings. The highest BCUT2D eigenvalue weighted by Crippen LogP contribution is 2.26. The first-order valence-electron chi connectivity index (χ1n) is 8.99. The maximum Gasteiger partial charge on any atom is 0.238 e. The second kappa shape index (κ2) is 10.5. The number of carbonyl (C=O) groups excluding carboxylic acids is 1. The molecule has 5 nitrogen and oxygen atoms in total. The van der Waals surface area contributed by atoms with Gasteiger partial charge < -0.3 is 10.1 Å². The van der Waals surface area contributed by atoms with Crippen molar-refractivity contribution in [3.8, 4) is 6.07 Å². The lowest BCUT2D eigenvalue weighted by Gasteiger charge is -2.24. The van der Waals surface area contributed by atoms with Crippen LogP contribution in [0, 0.1) is 11.3 Å². The molecule has 1 aliphatic heterocycles. The number of nitrogens with zero attached hydrogens (tertiary/aromatic N) is 2. The molecule has 27 heavy (non-hydrogen) atoms. The zero-order chi connectivity index (χ0) is 18.9. The number of anilines is 1. The Kier molecular flexibility index (Phi) is 7.72. The normalized spacial score (nSPS) is 16.4. The summed E-state index contributed by atoms with van der Waals surface area (Å²) in [5.41, 5.74) is 0.760. The Bertz CT molecular complexity index is 768. The van der Waals surface area contributed by atoms with Gasteiger partial charge in [-0.3, -0.25) is 9.69 Å². The van der Waals surface area contributed by atoms with Gasteiger partial charge in [0.25, 0.3) is 0 Å². The summed E-state index contributed by atoms with van der Waals surface area (Å²) in [7, 11) is 0. The Balaban J connectivity index is 1.62. The minimum atomic E-state index is -0.0467. The van der Waals surface area contributed by atoms with Crippen LogP contribution in [-0.2, 0) is 16.1 Å². The topological polar surface area (TPSA) is 65.4 Å². The molecule has 1 saturated heterocycles. The molecule has 142 valence electrons. The quantitative estimate of drug-likeness (QED) is 0.644. The van der Waals surface area contributed by atoms with Gasteiger partial charge in [-0.05, 0) is 36.4 Å². The van der Waals surface area contributed by atoms with E-state index in [2.05, 4.69) is 27.7 Å². The maximum atomic E-state index is 12.7. The smallest absolute Gasteiger partial charge is 0.238 e. The summed E-state index contributed by atoms with van der Waals surface area (Å²) < 4.78 is 5.76. The van der Waals surface area contributed by atoms with Gasteiger partial charge in [0, 0.05) is 29.5 Å². The van der Waals surface area contributed by atoms with Gasteiger partial charge in [-0.1, -0.05) is 18.2 Å². The molecule has 2 heterocycles. The fraction of sp³-hybridized carbons (Fsp3) is 0.400. The molecule has 1 aromatic carbocycles. The lowest BCUT2D eigenvalue weighted by Crippen LogP contribution is -2.37. The molecule has 1 atom stereocenters. The first-order valence-corrected chi connectivity index (χ1v) is 10.9. The van der Waals surface area contributed by atoms with Gasteiger partial charge in [-0.25, -0.2) is 0 Å². The number of rotatable bonds is 9. The Morgan fingerprint density at radius 1 is 1.37 bits per heavy atom. The first-order chi connectivity index (χ1) is 13.2. The highest BCUT2D eigenvalue weighted by molar-refractivity contribution is 7.99. The van der Waals surface area contributed by atoms with Crippen LogP contribution in [0.1, 0.15) is 17.7 Å². The Morgan fingerprint density at radius 2 is 2.26 bits per heavy atom. The Hall–Kier alpha value is -1.85. The van der Waals surface area contributed by atoms with Gasteiger partial charge in [0.1, 0.15) is 0 Å². The molecule has 0 saturated carbocycles. The number of para-hydroxylation sites is 1. The van der Waals surface area contributed by atoms with Gasteiger partial charge in [0.2, 0.25) is 5.91 Å². The van der Waals surface area contributed by atoms with Crippen LogP contribution >= 0.6 is 23.1 Å². The average Bonchev–Trinajstić information content (AvgIpc) is 3.35. The Labute approximate surface area is 168 Å². The summed E-state index contributed by atoms with van der Waals surface area (Å²) in [5, 5.41) is 13.9. The molecule has 0 unspecified atom stereocenters. The third kappa shape index (κ3) is 6.36. The van der Waals surface area contributed by atoms with Gasteiger partial charge in [-0.2, -0.15) is 5.26 Å². The fourth-order valence-corrected chi connectivity index (χ4v) is 4.50. The van der Waals surface area contributed by atoms with Crippen molar-refractivity contribution >= 4 is 34.7 Å². The maximum absolute atomic E-state index is 12.7. The van der Waals surface area contributed by atoms with Crippen molar-refractivity contribution in [2.24, 2.45) is 0 Å². The van der Waals surface area contributed by atoms with Crippen LogP contribution in [0.15, 0.2) is 46.7 Å². The zero-order valence-electron chi connectivity index (χ0n) is 15.1. The second-order valence-corrected chi connectivity index (χ2v) is 8.42. The van der Waals surface area contributed by atoms with E-state index < -0.39 is 0 Å². The van der Waals surface area contributed by atoms with E-state index in [4.69, 9.17) is 10.00 Å². The average molecular weight is 402 g/mol. The van der Waals surface area contributed by atoms with Gasteiger partial charge in [0.15, 0.2) is 0 Å². The number of nitrogens with one attached hydrogen (secondary N) is 1. The van der Waals surface area contributed by atoms with Gasteiger partial charge in [-0.15, -0.1) is 23.1 Å². The predicted molar refractivity (Wildman–Crippen MR) is 110 cm³/mol. The summed E-state index contributed by atoms with van der Waals surface area (Å²) >= 11 is 3.13. The van der Waals surface area contributed by atoms with Crippen molar-refractivity contribution in [3.63, 3.8) is 0 Å². The second-order valence-electron chi connectivity index (χ2n) is 6.38. The number of thioether (sulfide) groups is 1. The zero-order valence-corrected chi connectivity index (χ0v) is 16.7. The van der Waals surface area contributed by atoms with Crippen molar-refractivity contribution in [3.05, 3.63) is 46.7 Å². The third-order valence-corrected chi connectivity index (χ3v) is 6.07. The number of hydrogen-bond acceptors (Lipinski definition) is 6. The SMILES string of the molecule is N#CCSc1ccccc1NC(=O)CN(Cc1cccs1)C[C@@H]1CCCO1. The van der Waals surface area contributed by atoms with E-state index >= 15 is 0 Å². The van der Waals surface area contributed by atoms with E-state index in [0.29, 0.717) is 12.3 Å². The highest BCUT2D eigenvalue weighted by Gasteiger charge is 2.21. The van der Waals surface area contributed by atoms with Crippen LogP contribution < -0.4 is 5.32 Å². The van der Waals surface area contributed by atoms with Crippen LogP contribution in [0.5, 0.6) is 0 Å². The van der Waals surface area contributed by atoms with E-state index in [0.717, 1.165) is 43.1 Å². The van der Waals surface area contributed by atoms with Crippen molar-refractivity contribution in [1.82, 2.24) is 4.90 Å². The number of benzene rings is 1. The molecule has 1 amide bonds. The molecule has 1 aliphatic rings. The van der Waals surface area contributed by atoms with Gasteiger partial charge in [0.05, 0.1) is 30.2 Å². The molecule has 2 aromatic rings. The molecule has 3 rings (SSSR count). The van der Waals surface area contributed by atoms with Crippen molar-refractivity contribution < 1.29 is 9.53 Å². The van der Waals surface area contributed by atoms with E-state index in [-0.39, 0.29) is 12.0 Å². The summed E-state index contributed by atoms with van der Waals surface area (Å²) in [4.78, 5) is 17.0. The molecule has 7 heteroatoms. The van der Waals surface area contributed by atoms with E-state index in [1.807, 2.05) is 30.3 Å². The minimum absolute atomic E-state index is 0.0467. The highest BCUT2D eigenvalue weighted by atomic mass is 32.2. The van der Waals surface area contributed by atoms with Crippen LogP contribution in [-0.4, -0.2) is 42.4 Å². The Morgan fingerprint density at radius 3 is 3.00 bits per heavy atom. The molecule has 1 aromatic heterocycles. The molecule has 0 bridgehead atoms. The summed E-state index contributed by atoms with van der Waals surface area (Å²) in [5.74, 6) is 0.311. The largest absolute Gasteiger partial charge is 0.377 e. The number of thiophene rings is 1. The van der Waals surface area contributed by atoms with Crippen LogP contribution in [0.3, 0.4) is 0 Å². The minimum Gasteiger partial charge on any atom is -0.377 e. The number of ether oxygens (including phenoxy) is 1. The molecule has 0 aliphatic carbocycles. The number of carbonyl (C=O) groups is 1. The standard InChI is InChI=1S/C20H23N3O2S2/c21-9-12-27-19-8-2-1-7-18(19)22-20(24)15-23(13-16-5-3-10-25-16)14-17-6-4-11-26-17/h1-2,4,6-8,11,16H,3,5,10,12-15H2,(H,22,24)/t16-/m0/s1. The molecule has 0 spiro atoms. The molecule has 1 N–H and O–H groups in total. The lowest BCUT2D eigenvalue weighted by atomic mass is 10.2. The van der Waals surface area contributed by atoms with E-state index in [9.17, 15) is 4.79 Å². The summed E-state index contributed by atoms with van der Waals surface area (Å²) in [6.45, 7) is 2.63. The summed E-state index contributed by atoms with van der Waals surface area (Å²) in [6.07, 6.45) is 2.35. The predicted octanol–water partition coefficient (Wildman–Crippen LogP) is 3.98. The van der Waals surface area contributed by atoms with Crippen molar-refractivity contribution in [1.29, 1.82) is 5.26 Å². The van der Waals surface area contributed by atoms with Crippen LogP contribution in [0.2, 0.25) is 0 Å². The van der Waals surface area contributed by atoms with E-state index in [1.165, 1.54) is 16.6 Å². The molecule has 0 radical (unpaired) electrons. The number of nitriles is 1. The number of amides is 1. The number of hydrogen-bond donors (Lipinski definition) is 1. The van der Waals surface area contributed by atoms with E-state index in [1.54, 1.807) is 11.3 Å². The van der Waals surface area contributed by atoms with Gasteiger partial charge >= 0.3 is 0 Å². The monoisotopic (exact) mass is 401 g/mol. The first kappa shape index (κ1) is 19.9. The fourth-order valence-electron chi connectivity index (χ4n) is 3.08. The lowest BCUT2D eigenvalue weighted by molar-refractivity contribution is -0.117. The molecular formula is C20H23N3O2S2. The van der Waals surface area contributed by atoms with Crippen molar-refractivity contribution in [2.45, 2.75) is 30.4 Å². The third-order valence-electron chi connectivity index (χ3n) is 4.27. The van der Waals surface area contributed by atoms with Crippen LogP contribution in [0.4, 0.5) is 5.69 Å². The van der Waals surface area contributed by atoms with Crippen LogP contribution in [0.25, 0.3) is 0 Å². The summed E-state index contributed by atoms with van der Waals surface area (Å²) in [6, 6.07) is 13.9. The molecular weight excluding hydrogens is 378 g/mol. The van der Waals surface area contributed by atoms with Crippen molar-refractivity contribution in [2.75, 3.05) is 30.8 Å².